The van der Waals surface area contributed by atoms with Crippen LogP contribution in [0.25, 0.3) is 0 Å². The summed E-state index contributed by atoms with van der Waals surface area (Å²) in [5, 5.41) is 22.4. The van der Waals surface area contributed by atoms with Crippen molar-refractivity contribution in [2.24, 2.45) is 0 Å². The van der Waals surface area contributed by atoms with Gasteiger partial charge in [-0.05, 0) is 50.6 Å². The van der Waals surface area contributed by atoms with Crippen LogP contribution >= 0.6 is 0 Å². The first-order valence-corrected chi connectivity index (χ1v) is 7.23. The van der Waals surface area contributed by atoms with Gasteiger partial charge in [-0.25, -0.2) is 0 Å². The van der Waals surface area contributed by atoms with Crippen LogP contribution in [0.4, 0.5) is 0 Å². The van der Waals surface area contributed by atoms with E-state index in [0.717, 1.165) is 11.1 Å². The molecule has 116 valence electrons. The molecule has 0 aliphatic carbocycles. The maximum Gasteiger partial charge on any atom is 0.251 e. The van der Waals surface area contributed by atoms with Gasteiger partial charge in [-0.3, -0.25) is 4.79 Å². The SMILES string of the molecule is Cc1cc(C)cc(C(=O)N[C@@H](C)[C@@H](O)c2ccc(O)cc2)c1. The molecule has 0 fully saturated rings. The standard InChI is InChI=1S/C18H21NO3/c1-11-8-12(2)10-15(9-11)18(22)19-13(3)17(21)14-4-6-16(20)7-5-14/h4-10,13,17,20-21H,1-3H3,(H,19,22)/t13-,17+/m0/s1. The van der Waals surface area contributed by atoms with E-state index < -0.39 is 12.1 Å². The first-order valence-electron chi connectivity index (χ1n) is 7.23. The number of hydrogen-bond acceptors (Lipinski definition) is 3. The topological polar surface area (TPSA) is 69.6 Å². The molecule has 0 aliphatic heterocycles. The van der Waals surface area contributed by atoms with Crippen LogP contribution in [0.15, 0.2) is 42.5 Å². The van der Waals surface area contributed by atoms with E-state index in [1.807, 2.05) is 32.0 Å². The lowest BCUT2D eigenvalue weighted by Gasteiger charge is -2.21. The molecular weight excluding hydrogens is 278 g/mol. The average Bonchev–Trinajstić information content (AvgIpc) is 2.46. The van der Waals surface area contributed by atoms with Crippen LogP contribution in [0, 0.1) is 13.8 Å². The Morgan fingerprint density at radius 1 is 1.05 bits per heavy atom. The van der Waals surface area contributed by atoms with Gasteiger partial charge in [-0.2, -0.15) is 0 Å². The third kappa shape index (κ3) is 3.86. The molecule has 2 atom stereocenters. The van der Waals surface area contributed by atoms with Gasteiger partial charge in [0.05, 0.1) is 12.1 Å². The second-order valence-electron chi connectivity index (χ2n) is 5.67. The van der Waals surface area contributed by atoms with Crippen molar-refractivity contribution in [3.63, 3.8) is 0 Å². The zero-order valence-corrected chi connectivity index (χ0v) is 13.0. The average molecular weight is 299 g/mol. The second-order valence-corrected chi connectivity index (χ2v) is 5.67. The van der Waals surface area contributed by atoms with Crippen LogP contribution in [-0.4, -0.2) is 22.2 Å². The highest BCUT2D eigenvalue weighted by atomic mass is 16.3. The lowest BCUT2D eigenvalue weighted by atomic mass is 10.0. The fourth-order valence-corrected chi connectivity index (χ4v) is 2.43. The fourth-order valence-electron chi connectivity index (χ4n) is 2.43. The molecule has 2 rings (SSSR count). The normalized spacial score (nSPS) is 13.5. The van der Waals surface area contributed by atoms with Crippen LogP contribution in [0.5, 0.6) is 5.75 Å². The molecule has 3 N–H and O–H groups in total. The number of carbonyl (C=O) groups excluding carboxylic acids is 1. The molecule has 4 nitrogen and oxygen atoms in total. The van der Waals surface area contributed by atoms with Gasteiger partial charge in [0.25, 0.3) is 5.91 Å². The molecule has 0 aromatic heterocycles. The van der Waals surface area contributed by atoms with Gasteiger partial charge in [-0.1, -0.05) is 29.3 Å². The molecule has 22 heavy (non-hydrogen) atoms. The van der Waals surface area contributed by atoms with Gasteiger partial charge < -0.3 is 15.5 Å². The molecule has 0 unspecified atom stereocenters. The van der Waals surface area contributed by atoms with Crippen molar-refractivity contribution in [3.05, 3.63) is 64.7 Å². The summed E-state index contributed by atoms with van der Waals surface area (Å²) < 4.78 is 0. The predicted octanol–water partition coefficient (Wildman–Crippen LogP) is 2.86. The van der Waals surface area contributed by atoms with Gasteiger partial charge in [0.1, 0.15) is 5.75 Å². The van der Waals surface area contributed by atoms with Crippen LogP contribution < -0.4 is 5.32 Å². The summed E-state index contributed by atoms with van der Waals surface area (Å²) in [6, 6.07) is 11.5. The second kappa shape index (κ2) is 6.62. The summed E-state index contributed by atoms with van der Waals surface area (Å²) in [5.74, 6) is -0.0694. The lowest BCUT2D eigenvalue weighted by molar-refractivity contribution is 0.0852. The van der Waals surface area contributed by atoms with Crippen LogP contribution in [0.3, 0.4) is 0 Å². The predicted molar refractivity (Wildman–Crippen MR) is 85.9 cm³/mol. The zero-order valence-electron chi connectivity index (χ0n) is 13.0. The smallest absolute Gasteiger partial charge is 0.251 e. The van der Waals surface area contributed by atoms with E-state index in [9.17, 15) is 15.0 Å². The van der Waals surface area contributed by atoms with E-state index in [2.05, 4.69) is 5.32 Å². The van der Waals surface area contributed by atoms with E-state index in [0.29, 0.717) is 11.1 Å². The number of benzene rings is 2. The Labute approximate surface area is 130 Å². The highest BCUT2D eigenvalue weighted by Gasteiger charge is 2.19. The Morgan fingerprint density at radius 3 is 2.14 bits per heavy atom. The van der Waals surface area contributed by atoms with Crippen molar-refractivity contribution in [1.29, 1.82) is 0 Å². The summed E-state index contributed by atoms with van der Waals surface area (Å²) >= 11 is 0. The number of amides is 1. The quantitative estimate of drug-likeness (QED) is 0.813. The highest BCUT2D eigenvalue weighted by Crippen LogP contribution is 2.20. The molecule has 0 spiro atoms. The van der Waals surface area contributed by atoms with Gasteiger partial charge in [0.15, 0.2) is 0 Å². The Morgan fingerprint density at radius 2 is 1.59 bits per heavy atom. The third-order valence-electron chi connectivity index (χ3n) is 3.55. The van der Waals surface area contributed by atoms with Crippen LogP contribution in [0.2, 0.25) is 0 Å². The van der Waals surface area contributed by atoms with E-state index in [4.69, 9.17) is 0 Å². The van der Waals surface area contributed by atoms with Crippen LogP contribution in [-0.2, 0) is 0 Å². The van der Waals surface area contributed by atoms with Gasteiger partial charge in [0, 0.05) is 5.56 Å². The minimum Gasteiger partial charge on any atom is -0.508 e. The highest BCUT2D eigenvalue weighted by molar-refractivity contribution is 5.94. The van der Waals surface area contributed by atoms with E-state index in [-0.39, 0.29) is 11.7 Å². The van der Waals surface area contributed by atoms with Crippen molar-refractivity contribution >= 4 is 5.91 Å². The number of nitrogens with one attached hydrogen (secondary N) is 1. The van der Waals surface area contributed by atoms with Crippen molar-refractivity contribution in [3.8, 4) is 5.75 Å². The number of carbonyl (C=O) groups is 1. The third-order valence-corrected chi connectivity index (χ3v) is 3.55. The molecule has 2 aromatic rings. The maximum atomic E-state index is 12.3. The Hall–Kier alpha value is -2.33. The molecule has 0 saturated carbocycles. The molecule has 2 aromatic carbocycles. The summed E-state index contributed by atoms with van der Waals surface area (Å²) in [6.45, 7) is 5.63. The van der Waals surface area contributed by atoms with E-state index >= 15 is 0 Å². The minimum atomic E-state index is -0.838. The number of aryl methyl sites for hydroxylation is 2. The largest absolute Gasteiger partial charge is 0.508 e. The number of aliphatic hydroxyl groups is 1. The van der Waals surface area contributed by atoms with Gasteiger partial charge >= 0.3 is 0 Å². The van der Waals surface area contributed by atoms with Crippen LogP contribution in [0.1, 0.15) is 40.1 Å². The molecule has 4 heteroatoms. The number of phenolic OH excluding ortho intramolecular Hbond substituents is 1. The van der Waals surface area contributed by atoms with E-state index in [1.54, 1.807) is 19.1 Å². The van der Waals surface area contributed by atoms with Gasteiger partial charge in [-0.15, -0.1) is 0 Å². The molecular formula is C18H21NO3. The van der Waals surface area contributed by atoms with Crippen molar-refractivity contribution in [2.45, 2.75) is 32.9 Å². The summed E-state index contributed by atoms with van der Waals surface area (Å²) in [7, 11) is 0. The fraction of sp³-hybridized carbons (Fsp3) is 0.278. The summed E-state index contributed by atoms with van der Waals surface area (Å²) in [6.07, 6.45) is -0.838. The first-order chi connectivity index (χ1) is 10.4. The van der Waals surface area contributed by atoms with Gasteiger partial charge in [0.2, 0.25) is 0 Å². The Balaban J connectivity index is 2.08. The summed E-state index contributed by atoms with van der Waals surface area (Å²) in [4.78, 5) is 12.3. The van der Waals surface area contributed by atoms with Crippen molar-refractivity contribution in [2.75, 3.05) is 0 Å². The lowest BCUT2D eigenvalue weighted by Crippen LogP contribution is -2.37. The molecule has 0 bridgehead atoms. The molecule has 0 aliphatic rings. The number of aromatic hydroxyl groups is 1. The molecule has 0 radical (unpaired) electrons. The Kier molecular flexibility index (Phi) is 4.83. The number of rotatable bonds is 4. The van der Waals surface area contributed by atoms with Crippen molar-refractivity contribution < 1.29 is 15.0 Å². The van der Waals surface area contributed by atoms with E-state index in [1.165, 1.54) is 12.1 Å². The number of hydrogen-bond donors (Lipinski definition) is 3. The van der Waals surface area contributed by atoms with Crippen molar-refractivity contribution in [1.82, 2.24) is 5.32 Å². The monoisotopic (exact) mass is 299 g/mol. The zero-order chi connectivity index (χ0) is 16.3. The number of aliphatic hydroxyl groups excluding tert-OH is 1. The Bertz CT molecular complexity index is 644. The summed E-state index contributed by atoms with van der Waals surface area (Å²) in [5.41, 5.74) is 3.28. The minimum absolute atomic E-state index is 0.142. The molecule has 1 amide bonds. The number of phenols is 1. The maximum absolute atomic E-state index is 12.3. The molecule has 0 saturated heterocycles. The first kappa shape index (κ1) is 16.0. The molecule has 0 heterocycles.